The van der Waals surface area contributed by atoms with E-state index in [9.17, 15) is 8.42 Å². The molecule has 3 nitrogen and oxygen atoms in total. The van der Waals surface area contributed by atoms with Crippen LogP contribution in [0.3, 0.4) is 0 Å². The summed E-state index contributed by atoms with van der Waals surface area (Å²) >= 11 is 0. The highest BCUT2D eigenvalue weighted by Crippen LogP contribution is 2.29. The van der Waals surface area contributed by atoms with E-state index in [0.29, 0.717) is 0 Å². The lowest BCUT2D eigenvalue weighted by molar-refractivity contribution is 0.117. The first-order chi connectivity index (χ1) is 8.92. The molecule has 0 spiro atoms. The zero-order chi connectivity index (χ0) is 13.9. The molecule has 0 saturated carbocycles. The number of rotatable bonds is 4. The number of hydrogen-bond acceptors (Lipinski definition) is 3. The van der Waals surface area contributed by atoms with E-state index >= 15 is 0 Å². The van der Waals surface area contributed by atoms with Crippen LogP contribution in [0, 0.1) is 0 Å². The molecule has 0 radical (unpaired) electrons. The first-order valence-electron chi connectivity index (χ1n) is 5.98. The summed E-state index contributed by atoms with van der Waals surface area (Å²) < 4.78 is 29.8. The zero-order valence-electron chi connectivity index (χ0n) is 10.9. The van der Waals surface area contributed by atoms with E-state index in [4.69, 9.17) is 4.18 Å². The van der Waals surface area contributed by atoms with Crippen molar-refractivity contribution in [2.24, 2.45) is 0 Å². The molecule has 0 N–H and O–H groups in total. The Labute approximate surface area is 114 Å². The maximum absolute atomic E-state index is 12.2. The van der Waals surface area contributed by atoms with Crippen molar-refractivity contribution in [3.63, 3.8) is 0 Å². The number of hydrogen-bond donors (Lipinski definition) is 0. The molecule has 2 aromatic rings. The molecule has 0 fully saturated rings. The maximum atomic E-state index is 12.2. The molecule has 0 unspecified atom stereocenters. The fourth-order valence-corrected chi connectivity index (χ4v) is 3.03. The van der Waals surface area contributed by atoms with Gasteiger partial charge in [-0.25, -0.2) is 0 Å². The Hall–Kier alpha value is -1.65. The standard InChI is InChI=1S/C15H16O3S/c1-15(2,13-9-5-3-6-10-13)18-19(16,17)14-11-7-4-8-12-14/h3-12H,1-2H3. The van der Waals surface area contributed by atoms with Crippen LogP contribution in [0.25, 0.3) is 0 Å². The Bertz CT molecular complexity index is 632. The second-order valence-electron chi connectivity index (χ2n) is 4.73. The summed E-state index contributed by atoms with van der Waals surface area (Å²) in [6, 6.07) is 17.4. The summed E-state index contributed by atoms with van der Waals surface area (Å²) in [5, 5.41) is 0. The maximum Gasteiger partial charge on any atom is 0.297 e. The normalized spacial score (nSPS) is 12.3. The van der Waals surface area contributed by atoms with Crippen molar-refractivity contribution >= 4 is 10.1 Å². The van der Waals surface area contributed by atoms with Gasteiger partial charge in [-0.15, -0.1) is 0 Å². The predicted octanol–water partition coefficient (Wildman–Crippen LogP) is 3.33. The minimum Gasteiger partial charge on any atom is -0.255 e. The topological polar surface area (TPSA) is 43.4 Å². The predicted molar refractivity (Wildman–Crippen MR) is 74.2 cm³/mol. The zero-order valence-corrected chi connectivity index (χ0v) is 11.7. The summed E-state index contributed by atoms with van der Waals surface area (Å²) in [4.78, 5) is 0.166. The lowest BCUT2D eigenvalue weighted by atomic mass is 9.99. The van der Waals surface area contributed by atoms with Crippen molar-refractivity contribution in [3.05, 3.63) is 66.2 Å². The molecule has 0 aliphatic heterocycles. The first kappa shape index (κ1) is 13.8. The van der Waals surface area contributed by atoms with Gasteiger partial charge in [0.05, 0.1) is 4.90 Å². The molecule has 0 aliphatic rings. The molecular formula is C15H16O3S. The average Bonchev–Trinajstić information content (AvgIpc) is 2.40. The van der Waals surface area contributed by atoms with Gasteiger partial charge in [0.15, 0.2) is 0 Å². The van der Waals surface area contributed by atoms with Crippen LogP contribution in [0.1, 0.15) is 19.4 Å². The molecule has 100 valence electrons. The van der Waals surface area contributed by atoms with Gasteiger partial charge in [0, 0.05) is 0 Å². The van der Waals surface area contributed by atoms with Crippen molar-refractivity contribution in [2.45, 2.75) is 24.3 Å². The van der Waals surface area contributed by atoms with E-state index < -0.39 is 15.7 Å². The van der Waals surface area contributed by atoms with Gasteiger partial charge in [0.2, 0.25) is 0 Å². The highest BCUT2D eigenvalue weighted by molar-refractivity contribution is 7.86. The fourth-order valence-electron chi connectivity index (χ4n) is 1.80. The SMILES string of the molecule is CC(C)(OS(=O)(=O)c1ccccc1)c1ccccc1. The summed E-state index contributed by atoms with van der Waals surface area (Å²) in [6.07, 6.45) is 0. The van der Waals surface area contributed by atoms with E-state index in [1.807, 2.05) is 30.3 Å². The highest BCUT2D eigenvalue weighted by atomic mass is 32.2. The molecular weight excluding hydrogens is 260 g/mol. The second-order valence-corrected chi connectivity index (χ2v) is 6.27. The van der Waals surface area contributed by atoms with E-state index in [0.717, 1.165) is 5.56 Å². The summed E-state index contributed by atoms with van der Waals surface area (Å²) in [5.41, 5.74) is -0.0925. The molecule has 2 rings (SSSR count). The largest absolute Gasteiger partial charge is 0.297 e. The Morgan fingerprint density at radius 2 is 1.32 bits per heavy atom. The average molecular weight is 276 g/mol. The smallest absolute Gasteiger partial charge is 0.255 e. The van der Waals surface area contributed by atoms with Crippen molar-refractivity contribution < 1.29 is 12.6 Å². The van der Waals surface area contributed by atoms with Gasteiger partial charge in [-0.2, -0.15) is 8.42 Å². The summed E-state index contributed by atoms with van der Waals surface area (Å²) in [5.74, 6) is 0. The fraction of sp³-hybridized carbons (Fsp3) is 0.200. The van der Waals surface area contributed by atoms with Gasteiger partial charge < -0.3 is 0 Å². The van der Waals surface area contributed by atoms with Crippen LogP contribution < -0.4 is 0 Å². The quantitative estimate of drug-likeness (QED) is 0.804. The number of benzene rings is 2. The third kappa shape index (κ3) is 3.22. The highest BCUT2D eigenvalue weighted by Gasteiger charge is 2.29. The van der Waals surface area contributed by atoms with Crippen molar-refractivity contribution in [3.8, 4) is 0 Å². The lowest BCUT2D eigenvalue weighted by Crippen LogP contribution is -2.25. The van der Waals surface area contributed by atoms with E-state index in [-0.39, 0.29) is 4.90 Å². The molecule has 2 aromatic carbocycles. The van der Waals surface area contributed by atoms with Crippen LogP contribution in [-0.2, 0) is 19.9 Å². The van der Waals surface area contributed by atoms with Crippen LogP contribution in [0.4, 0.5) is 0 Å². The first-order valence-corrected chi connectivity index (χ1v) is 7.39. The third-order valence-corrected chi connectivity index (χ3v) is 4.30. The van der Waals surface area contributed by atoms with E-state index in [1.54, 1.807) is 32.0 Å². The van der Waals surface area contributed by atoms with Gasteiger partial charge in [-0.05, 0) is 31.5 Å². The monoisotopic (exact) mass is 276 g/mol. The van der Waals surface area contributed by atoms with Gasteiger partial charge in [-0.3, -0.25) is 4.18 Å². The van der Waals surface area contributed by atoms with Crippen LogP contribution in [-0.4, -0.2) is 8.42 Å². The Morgan fingerprint density at radius 3 is 1.84 bits per heavy atom. The summed E-state index contributed by atoms with van der Waals surface area (Å²) in [7, 11) is -3.77. The Kier molecular flexibility index (Phi) is 3.73. The van der Waals surface area contributed by atoms with E-state index in [1.165, 1.54) is 12.1 Å². The van der Waals surface area contributed by atoms with Crippen molar-refractivity contribution in [1.29, 1.82) is 0 Å². The van der Waals surface area contributed by atoms with Crippen LogP contribution >= 0.6 is 0 Å². The minimum absolute atomic E-state index is 0.166. The minimum atomic E-state index is -3.77. The van der Waals surface area contributed by atoms with Gasteiger partial charge in [-0.1, -0.05) is 48.5 Å². The van der Waals surface area contributed by atoms with Gasteiger partial charge in [0.25, 0.3) is 10.1 Å². The van der Waals surface area contributed by atoms with Crippen molar-refractivity contribution in [1.82, 2.24) is 0 Å². The van der Waals surface area contributed by atoms with Crippen LogP contribution in [0.5, 0.6) is 0 Å². The van der Waals surface area contributed by atoms with Gasteiger partial charge in [0.1, 0.15) is 5.60 Å². The third-order valence-electron chi connectivity index (χ3n) is 2.82. The molecule has 4 heteroatoms. The molecule has 0 saturated heterocycles. The molecule has 0 aliphatic carbocycles. The lowest BCUT2D eigenvalue weighted by Gasteiger charge is -2.25. The van der Waals surface area contributed by atoms with E-state index in [2.05, 4.69) is 0 Å². The van der Waals surface area contributed by atoms with Crippen LogP contribution in [0.2, 0.25) is 0 Å². The van der Waals surface area contributed by atoms with Gasteiger partial charge >= 0.3 is 0 Å². The molecule has 0 amide bonds. The van der Waals surface area contributed by atoms with Crippen molar-refractivity contribution in [2.75, 3.05) is 0 Å². The molecule has 0 aromatic heterocycles. The second kappa shape index (κ2) is 5.15. The van der Waals surface area contributed by atoms with Crippen LogP contribution in [0.15, 0.2) is 65.6 Å². The Morgan fingerprint density at radius 1 is 0.842 bits per heavy atom. The molecule has 0 bridgehead atoms. The molecule has 19 heavy (non-hydrogen) atoms. The molecule has 0 heterocycles. The summed E-state index contributed by atoms with van der Waals surface area (Å²) in [6.45, 7) is 3.48. The molecule has 0 atom stereocenters. The Balaban J connectivity index is 2.31.